The molecule has 88 valence electrons. The fraction of sp³-hybridized carbons (Fsp3) is 0.917. The average Bonchev–Trinajstić information content (AvgIpc) is 2.16. The molecule has 3 heteroatoms. The average molecular weight is 212 g/mol. The van der Waals surface area contributed by atoms with Gasteiger partial charge in [-0.25, -0.2) is 0 Å². The molecule has 0 unspecified atom stereocenters. The van der Waals surface area contributed by atoms with Crippen LogP contribution in [0.2, 0.25) is 0 Å². The van der Waals surface area contributed by atoms with Crippen molar-refractivity contribution in [1.29, 1.82) is 0 Å². The molecule has 1 fully saturated rings. The van der Waals surface area contributed by atoms with Gasteiger partial charge in [0, 0.05) is 25.0 Å². The second-order valence-corrected chi connectivity index (χ2v) is 4.42. The Labute approximate surface area is 93.0 Å². The standard InChI is InChI=1S/C12H24N2O/c1-3-10(4-2)12(15)14(9-8-13)11-6-5-7-11/h10-11H,3-9,13H2,1-2H3. The van der Waals surface area contributed by atoms with Crippen LogP contribution in [-0.4, -0.2) is 29.9 Å². The smallest absolute Gasteiger partial charge is 0.225 e. The monoisotopic (exact) mass is 212 g/mol. The first kappa shape index (κ1) is 12.5. The van der Waals surface area contributed by atoms with E-state index in [0.717, 1.165) is 19.4 Å². The number of hydrogen-bond donors (Lipinski definition) is 1. The van der Waals surface area contributed by atoms with E-state index < -0.39 is 0 Å². The zero-order chi connectivity index (χ0) is 11.3. The van der Waals surface area contributed by atoms with E-state index >= 15 is 0 Å². The van der Waals surface area contributed by atoms with Gasteiger partial charge in [0.25, 0.3) is 0 Å². The predicted molar refractivity (Wildman–Crippen MR) is 62.5 cm³/mol. The summed E-state index contributed by atoms with van der Waals surface area (Å²) in [5, 5.41) is 0. The van der Waals surface area contributed by atoms with Crippen LogP contribution in [-0.2, 0) is 4.79 Å². The zero-order valence-corrected chi connectivity index (χ0v) is 10.0. The van der Waals surface area contributed by atoms with Crippen molar-refractivity contribution in [2.45, 2.75) is 52.0 Å². The lowest BCUT2D eigenvalue weighted by Gasteiger charge is -2.39. The third-order valence-corrected chi connectivity index (χ3v) is 3.50. The topological polar surface area (TPSA) is 46.3 Å². The molecule has 2 N–H and O–H groups in total. The molecule has 0 aromatic rings. The number of rotatable bonds is 6. The number of amides is 1. The van der Waals surface area contributed by atoms with Crippen molar-refractivity contribution in [1.82, 2.24) is 4.90 Å². The van der Waals surface area contributed by atoms with Crippen molar-refractivity contribution >= 4 is 5.91 Å². The number of hydrogen-bond acceptors (Lipinski definition) is 2. The van der Waals surface area contributed by atoms with Crippen molar-refractivity contribution in [2.24, 2.45) is 11.7 Å². The van der Waals surface area contributed by atoms with Gasteiger partial charge in [-0.05, 0) is 32.1 Å². The third-order valence-electron chi connectivity index (χ3n) is 3.50. The van der Waals surface area contributed by atoms with E-state index in [1.807, 2.05) is 4.90 Å². The molecule has 1 saturated carbocycles. The zero-order valence-electron chi connectivity index (χ0n) is 10.0. The number of nitrogens with zero attached hydrogens (tertiary/aromatic N) is 1. The van der Waals surface area contributed by atoms with Crippen LogP contribution in [0, 0.1) is 5.92 Å². The van der Waals surface area contributed by atoms with E-state index in [0.29, 0.717) is 18.5 Å². The van der Waals surface area contributed by atoms with Gasteiger partial charge in [0.05, 0.1) is 0 Å². The maximum Gasteiger partial charge on any atom is 0.225 e. The summed E-state index contributed by atoms with van der Waals surface area (Å²) in [7, 11) is 0. The summed E-state index contributed by atoms with van der Waals surface area (Å²) >= 11 is 0. The van der Waals surface area contributed by atoms with Gasteiger partial charge >= 0.3 is 0 Å². The SMILES string of the molecule is CCC(CC)C(=O)N(CCN)C1CCC1. The molecular weight excluding hydrogens is 188 g/mol. The van der Waals surface area contributed by atoms with Gasteiger partial charge in [-0.2, -0.15) is 0 Å². The van der Waals surface area contributed by atoms with Gasteiger partial charge in [-0.1, -0.05) is 13.8 Å². The minimum absolute atomic E-state index is 0.206. The van der Waals surface area contributed by atoms with Gasteiger partial charge in [0.1, 0.15) is 0 Å². The van der Waals surface area contributed by atoms with E-state index in [9.17, 15) is 4.79 Å². The molecule has 0 aliphatic heterocycles. The summed E-state index contributed by atoms with van der Waals surface area (Å²) in [6.07, 6.45) is 5.51. The van der Waals surface area contributed by atoms with Crippen LogP contribution in [0.1, 0.15) is 46.0 Å². The summed E-state index contributed by atoms with van der Waals surface area (Å²) in [5.41, 5.74) is 5.57. The second-order valence-electron chi connectivity index (χ2n) is 4.42. The highest BCUT2D eigenvalue weighted by molar-refractivity contribution is 5.79. The molecule has 15 heavy (non-hydrogen) atoms. The van der Waals surface area contributed by atoms with Gasteiger partial charge in [0.2, 0.25) is 5.91 Å². The largest absolute Gasteiger partial charge is 0.338 e. The van der Waals surface area contributed by atoms with Crippen molar-refractivity contribution < 1.29 is 4.79 Å². The van der Waals surface area contributed by atoms with Crippen LogP contribution < -0.4 is 5.73 Å². The molecule has 3 nitrogen and oxygen atoms in total. The first-order valence-corrected chi connectivity index (χ1v) is 6.25. The fourth-order valence-corrected chi connectivity index (χ4v) is 2.18. The molecule has 0 saturated heterocycles. The Morgan fingerprint density at radius 3 is 2.33 bits per heavy atom. The van der Waals surface area contributed by atoms with Crippen LogP contribution in [0.3, 0.4) is 0 Å². The maximum absolute atomic E-state index is 12.2. The van der Waals surface area contributed by atoms with Crippen molar-refractivity contribution in [3.8, 4) is 0 Å². The first-order valence-electron chi connectivity index (χ1n) is 6.25. The van der Waals surface area contributed by atoms with Crippen LogP contribution in [0.15, 0.2) is 0 Å². The van der Waals surface area contributed by atoms with E-state index in [4.69, 9.17) is 5.73 Å². The Kier molecular flexibility index (Phi) is 5.09. The second kappa shape index (κ2) is 6.11. The van der Waals surface area contributed by atoms with Crippen molar-refractivity contribution in [3.63, 3.8) is 0 Å². The highest BCUT2D eigenvalue weighted by atomic mass is 16.2. The Bertz CT molecular complexity index is 198. The Hall–Kier alpha value is -0.570. The molecule has 0 aromatic carbocycles. The van der Waals surface area contributed by atoms with Gasteiger partial charge in [-0.15, -0.1) is 0 Å². The lowest BCUT2D eigenvalue weighted by Crippen LogP contribution is -2.48. The number of carbonyl (C=O) groups is 1. The number of nitrogens with two attached hydrogens (primary N) is 1. The summed E-state index contributed by atoms with van der Waals surface area (Å²) in [4.78, 5) is 14.2. The molecule has 0 spiro atoms. The first-order chi connectivity index (χ1) is 7.24. The van der Waals surface area contributed by atoms with Crippen molar-refractivity contribution in [2.75, 3.05) is 13.1 Å². The van der Waals surface area contributed by atoms with Gasteiger partial charge < -0.3 is 10.6 Å². The van der Waals surface area contributed by atoms with Crippen molar-refractivity contribution in [3.05, 3.63) is 0 Å². The predicted octanol–water partition coefficient (Wildman–Crippen LogP) is 1.76. The molecule has 1 aliphatic carbocycles. The van der Waals surface area contributed by atoms with Crippen LogP contribution >= 0.6 is 0 Å². The van der Waals surface area contributed by atoms with E-state index in [2.05, 4.69) is 13.8 Å². The van der Waals surface area contributed by atoms with E-state index in [1.165, 1.54) is 19.3 Å². The van der Waals surface area contributed by atoms with Gasteiger partial charge in [-0.3, -0.25) is 4.79 Å². The molecule has 1 amide bonds. The molecule has 1 rings (SSSR count). The highest BCUT2D eigenvalue weighted by Gasteiger charge is 2.30. The normalized spacial score (nSPS) is 16.5. The lowest BCUT2D eigenvalue weighted by molar-refractivity contribution is -0.139. The van der Waals surface area contributed by atoms with E-state index in [-0.39, 0.29) is 5.92 Å². The minimum atomic E-state index is 0.206. The number of carbonyl (C=O) groups excluding carboxylic acids is 1. The van der Waals surface area contributed by atoms with Crippen LogP contribution in [0.4, 0.5) is 0 Å². The Morgan fingerprint density at radius 2 is 2.00 bits per heavy atom. The van der Waals surface area contributed by atoms with Crippen LogP contribution in [0.25, 0.3) is 0 Å². The van der Waals surface area contributed by atoms with Gasteiger partial charge in [0.15, 0.2) is 0 Å². The summed E-state index contributed by atoms with van der Waals surface area (Å²) in [5.74, 6) is 0.535. The summed E-state index contributed by atoms with van der Waals surface area (Å²) in [6.45, 7) is 5.50. The lowest BCUT2D eigenvalue weighted by atomic mass is 9.89. The summed E-state index contributed by atoms with van der Waals surface area (Å²) < 4.78 is 0. The van der Waals surface area contributed by atoms with Crippen LogP contribution in [0.5, 0.6) is 0 Å². The molecule has 0 heterocycles. The maximum atomic E-state index is 12.2. The molecule has 1 aliphatic rings. The Morgan fingerprint density at radius 1 is 1.40 bits per heavy atom. The minimum Gasteiger partial charge on any atom is -0.338 e. The van der Waals surface area contributed by atoms with E-state index in [1.54, 1.807) is 0 Å². The molecule has 0 radical (unpaired) electrons. The highest BCUT2D eigenvalue weighted by Crippen LogP contribution is 2.26. The molecule has 0 bridgehead atoms. The summed E-state index contributed by atoms with van der Waals surface area (Å²) in [6, 6.07) is 0.488. The molecule has 0 atom stereocenters. The molecular formula is C12H24N2O. The quantitative estimate of drug-likeness (QED) is 0.729. The Balaban J connectivity index is 2.56. The third kappa shape index (κ3) is 2.94. The molecule has 0 aromatic heterocycles. The fourth-order valence-electron chi connectivity index (χ4n) is 2.18.